The topological polar surface area (TPSA) is 95.9 Å². The van der Waals surface area contributed by atoms with Crippen molar-refractivity contribution < 1.29 is 19.0 Å². The van der Waals surface area contributed by atoms with Gasteiger partial charge in [0.1, 0.15) is 36.3 Å². The van der Waals surface area contributed by atoms with Crippen molar-refractivity contribution in [2.75, 3.05) is 37.7 Å². The van der Waals surface area contributed by atoms with Gasteiger partial charge in [-0.3, -0.25) is 4.90 Å². The van der Waals surface area contributed by atoms with Gasteiger partial charge in [0.2, 0.25) is 5.88 Å². The molecule has 0 saturated carbocycles. The highest BCUT2D eigenvalue weighted by Crippen LogP contribution is 2.44. The molecule has 0 spiro atoms. The second kappa shape index (κ2) is 9.87. The second-order valence-electron chi connectivity index (χ2n) is 13.3. The molecule has 5 aliphatic rings. The quantitative estimate of drug-likeness (QED) is 0.338. The number of benzene rings is 2. The smallest absolute Gasteiger partial charge is 0.319 e. The minimum absolute atomic E-state index is 0.108. The number of piperazine rings is 1. The van der Waals surface area contributed by atoms with E-state index < -0.39 is 6.17 Å². The maximum Gasteiger partial charge on any atom is 0.319 e. The summed E-state index contributed by atoms with van der Waals surface area (Å²) < 4.78 is 27.5. The maximum absolute atomic E-state index is 14.5. The first-order chi connectivity index (χ1) is 21.5. The summed E-state index contributed by atoms with van der Waals surface area (Å²) >= 11 is 0. The van der Waals surface area contributed by atoms with E-state index in [9.17, 15) is 9.50 Å². The summed E-state index contributed by atoms with van der Waals surface area (Å²) in [6.07, 6.45) is 4.73. The predicted molar refractivity (Wildman–Crippen MR) is 166 cm³/mol. The minimum atomic E-state index is -0.823. The van der Waals surface area contributed by atoms with Crippen LogP contribution in [0.4, 0.5) is 10.2 Å². The summed E-state index contributed by atoms with van der Waals surface area (Å²) in [5.41, 5.74) is 3.10. The van der Waals surface area contributed by atoms with Crippen molar-refractivity contribution in [1.82, 2.24) is 25.2 Å². The molecule has 0 amide bonds. The lowest BCUT2D eigenvalue weighted by Gasteiger charge is -2.40. The van der Waals surface area contributed by atoms with Crippen molar-refractivity contribution in [3.8, 4) is 28.9 Å². The minimum Gasteiger partial charge on any atom is -0.508 e. The molecule has 9 rings (SSSR count). The zero-order chi connectivity index (χ0) is 29.6. The van der Waals surface area contributed by atoms with Gasteiger partial charge in [0.05, 0.1) is 22.8 Å². The van der Waals surface area contributed by atoms with E-state index in [0.717, 1.165) is 72.7 Å². The van der Waals surface area contributed by atoms with Crippen LogP contribution >= 0.6 is 0 Å². The van der Waals surface area contributed by atoms with Crippen molar-refractivity contribution >= 4 is 27.5 Å². The van der Waals surface area contributed by atoms with E-state index in [1.165, 1.54) is 5.56 Å². The fraction of sp³-hybridized carbons (Fsp3) is 0.500. The van der Waals surface area contributed by atoms with Gasteiger partial charge >= 0.3 is 6.01 Å². The first-order valence-corrected chi connectivity index (χ1v) is 16.1. The molecule has 5 aliphatic heterocycles. The van der Waals surface area contributed by atoms with E-state index >= 15 is 0 Å². The average Bonchev–Trinajstić information content (AvgIpc) is 3.66. The number of aryl methyl sites for hydroxylation is 1. The van der Waals surface area contributed by atoms with Gasteiger partial charge < -0.3 is 24.8 Å². The normalized spacial score (nSPS) is 29.1. The number of aromatic hydroxyl groups is 1. The van der Waals surface area contributed by atoms with Crippen molar-refractivity contribution in [3.05, 3.63) is 42.0 Å². The molecule has 2 aromatic heterocycles. The number of hydrogen-bond donors (Lipinski definition) is 2. The monoisotopic (exact) mass is 596 g/mol. The lowest BCUT2D eigenvalue weighted by Crippen LogP contribution is -2.60. The van der Waals surface area contributed by atoms with Gasteiger partial charge in [0.15, 0.2) is 0 Å². The molecule has 9 nitrogen and oxygen atoms in total. The maximum atomic E-state index is 14.5. The fourth-order valence-electron chi connectivity index (χ4n) is 8.73. The third-order valence-electron chi connectivity index (χ3n) is 10.8. The number of hydrogen-bond acceptors (Lipinski definition) is 9. The zero-order valence-electron chi connectivity index (χ0n) is 24.9. The van der Waals surface area contributed by atoms with E-state index in [0.29, 0.717) is 61.4 Å². The van der Waals surface area contributed by atoms with Gasteiger partial charge in [0, 0.05) is 37.2 Å². The lowest BCUT2D eigenvalue weighted by molar-refractivity contribution is 0.107. The Morgan fingerprint density at radius 2 is 2.07 bits per heavy atom. The van der Waals surface area contributed by atoms with Crippen LogP contribution in [0.3, 0.4) is 0 Å². The van der Waals surface area contributed by atoms with Crippen LogP contribution in [0.1, 0.15) is 44.6 Å². The molecule has 0 unspecified atom stereocenters. The van der Waals surface area contributed by atoms with Gasteiger partial charge in [-0.2, -0.15) is 9.97 Å². The molecule has 228 valence electrons. The number of phenols is 1. The van der Waals surface area contributed by atoms with Crippen LogP contribution in [0.5, 0.6) is 17.6 Å². The highest BCUT2D eigenvalue weighted by atomic mass is 19.1. The Balaban J connectivity index is 1.21. The SMILES string of the molecule is CCc1cccc2cc(O)cc(-c3cc4nc(OC[C@]56CCCN5C[C@@H](F)C6)nc5c4c(n3)OC[C@@H]3[C@H]4CC[C@@H](CN53)N4)c12. The fourth-order valence-corrected chi connectivity index (χ4v) is 8.73. The molecule has 2 aromatic carbocycles. The Bertz CT molecular complexity index is 1800. The molecule has 4 saturated heterocycles. The molecule has 2 N–H and O–H groups in total. The van der Waals surface area contributed by atoms with Gasteiger partial charge in [0.25, 0.3) is 0 Å². The number of ether oxygens (including phenoxy) is 2. The largest absolute Gasteiger partial charge is 0.508 e. The number of anilines is 1. The number of rotatable bonds is 5. The van der Waals surface area contributed by atoms with E-state index in [1.807, 2.05) is 18.2 Å². The first-order valence-electron chi connectivity index (χ1n) is 16.1. The summed E-state index contributed by atoms with van der Waals surface area (Å²) in [5.74, 6) is 1.49. The summed E-state index contributed by atoms with van der Waals surface area (Å²) in [6.45, 7) is 5.21. The zero-order valence-corrected chi connectivity index (χ0v) is 24.9. The average molecular weight is 597 g/mol. The number of aromatic nitrogens is 3. The Morgan fingerprint density at radius 3 is 2.98 bits per heavy atom. The molecule has 2 bridgehead atoms. The molecule has 7 heterocycles. The van der Waals surface area contributed by atoms with E-state index in [4.69, 9.17) is 24.4 Å². The predicted octanol–water partition coefficient (Wildman–Crippen LogP) is 4.77. The van der Waals surface area contributed by atoms with Crippen molar-refractivity contribution in [2.24, 2.45) is 0 Å². The van der Waals surface area contributed by atoms with Crippen LogP contribution in [0.25, 0.3) is 32.9 Å². The number of nitrogens with one attached hydrogen (secondary N) is 1. The standard InChI is InChI=1S/C34H37FN6O3/c1-2-19-5-3-6-20-11-23(42)12-24(29(19)20)26-13-27-30-31(41-16-22-7-8-25(36-22)28(41)17-43-32(30)37-26)39-33(38-27)44-18-34-9-4-10-40(34)15-21(35)14-34/h3,5-6,11-13,21-22,25,28,36,42H,2,4,7-10,14-18H2,1H3/t21-,22-,25+,28+,34+/m0/s1. The van der Waals surface area contributed by atoms with Crippen LogP contribution in [-0.2, 0) is 6.42 Å². The van der Waals surface area contributed by atoms with Gasteiger partial charge in [-0.25, -0.2) is 9.37 Å². The highest BCUT2D eigenvalue weighted by molar-refractivity contribution is 6.02. The van der Waals surface area contributed by atoms with E-state index in [2.05, 4.69) is 28.1 Å². The summed E-state index contributed by atoms with van der Waals surface area (Å²) in [5, 5.41) is 17.3. The van der Waals surface area contributed by atoms with Crippen LogP contribution in [-0.4, -0.2) is 87.6 Å². The van der Waals surface area contributed by atoms with Gasteiger partial charge in [-0.05, 0) is 73.2 Å². The number of fused-ring (bicyclic) bond motifs is 7. The van der Waals surface area contributed by atoms with Crippen molar-refractivity contribution in [2.45, 2.75) is 75.3 Å². The Morgan fingerprint density at radius 1 is 1.14 bits per heavy atom. The van der Waals surface area contributed by atoms with Crippen LogP contribution in [0.2, 0.25) is 0 Å². The molecule has 10 heteroatoms. The Kier molecular flexibility index (Phi) is 5.97. The van der Waals surface area contributed by atoms with Crippen LogP contribution in [0.15, 0.2) is 36.4 Å². The summed E-state index contributed by atoms with van der Waals surface area (Å²) in [6, 6.07) is 12.9. The molecule has 5 atom stereocenters. The lowest BCUT2D eigenvalue weighted by atomic mass is 9.95. The molecular formula is C34H37FN6O3. The van der Waals surface area contributed by atoms with Crippen LogP contribution in [0, 0.1) is 0 Å². The van der Waals surface area contributed by atoms with Crippen molar-refractivity contribution in [1.29, 1.82) is 0 Å². The molecule has 4 fully saturated rings. The van der Waals surface area contributed by atoms with Gasteiger partial charge in [-0.15, -0.1) is 0 Å². The summed E-state index contributed by atoms with van der Waals surface area (Å²) in [4.78, 5) is 19.7. The van der Waals surface area contributed by atoms with Crippen molar-refractivity contribution in [3.63, 3.8) is 0 Å². The second-order valence-corrected chi connectivity index (χ2v) is 13.3. The molecule has 0 radical (unpaired) electrons. The van der Waals surface area contributed by atoms with E-state index in [1.54, 1.807) is 12.1 Å². The third kappa shape index (κ3) is 4.06. The first kappa shape index (κ1) is 26.6. The van der Waals surface area contributed by atoms with Gasteiger partial charge in [-0.1, -0.05) is 25.1 Å². The molecular weight excluding hydrogens is 559 g/mol. The molecule has 0 aliphatic carbocycles. The number of phenolic OH excluding ortho intramolecular Hbond substituents is 1. The highest BCUT2D eigenvalue weighted by Gasteiger charge is 2.50. The third-order valence-corrected chi connectivity index (χ3v) is 10.8. The van der Waals surface area contributed by atoms with Crippen LogP contribution < -0.4 is 19.7 Å². The Hall–Kier alpha value is -3.76. The number of alkyl halides is 1. The number of nitrogens with zero attached hydrogens (tertiary/aromatic N) is 5. The Labute approximate surface area is 255 Å². The number of pyridine rings is 1. The number of halogens is 1. The summed E-state index contributed by atoms with van der Waals surface area (Å²) in [7, 11) is 0. The van der Waals surface area contributed by atoms with E-state index in [-0.39, 0.29) is 17.3 Å². The molecule has 4 aromatic rings. The molecule has 44 heavy (non-hydrogen) atoms.